The van der Waals surface area contributed by atoms with Crippen LogP contribution in [0.15, 0.2) is 103 Å². The highest BCUT2D eigenvalue weighted by Crippen LogP contribution is 2.36. The molecular formula is C30H22N2. The molecule has 0 N–H and O–H groups in total. The summed E-state index contributed by atoms with van der Waals surface area (Å²) in [6.07, 6.45) is 7.63. The van der Waals surface area contributed by atoms with E-state index in [-0.39, 0.29) is 0 Å². The number of para-hydroxylation sites is 2. The molecule has 0 spiro atoms. The highest BCUT2D eigenvalue weighted by atomic mass is 15.0. The van der Waals surface area contributed by atoms with E-state index in [1.54, 1.807) is 0 Å². The molecule has 0 amide bonds. The number of hydrogen-bond donors (Lipinski definition) is 0. The van der Waals surface area contributed by atoms with Crippen molar-refractivity contribution in [1.29, 1.82) is 0 Å². The van der Waals surface area contributed by atoms with E-state index in [1.165, 1.54) is 55.1 Å². The van der Waals surface area contributed by atoms with E-state index in [1.807, 2.05) is 0 Å². The van der Waals surface area contributed by atoms with Crippen LogP contribution in [-0.4, -0.2) is 8.97 Å². The van der Waals surface area contributed by atoms with E-state index in [4.69, 9.17) is 0 Å². The third-order valence-corrected chi connectivity index (χ3v) is 6.79. The Labute approximate surface area is 186 Å². The number of benzene rings is 3. The zero-order chi connectivity index (χ0) is 21.1. The lowest BCUT2D eigenvalue weighted by molar-refractivity contribution is 0.887. The summed E-state index contributed by atoms with van der Waals surface area (Å²) in [5.74, 6) is 0. The molecule has 4 heterocycles. The van der Waals surface area contributed by atoms with E-state index in [0.29, 0.717) is 0 Å². The molecule has 0 bridgehead atoms. The van der Waals surface area contributed by atoms with Gasteiger partial charge in [-0.25, -0.2) is 0 Å². The van der Waals surface area contributed by atoms with Crippen LogP contribution in [-0.2, 0) is 13.0 Å². The van der Waals surface area contributed by atoms with Crippen LogP contribution in [0.25, 0.3) is 44.7 Å². The second kappa shape index (κ2) is 6.73. The third kappa shape index (κ3) is 2.53. The Bertz CT molecular complexity index is 1730. The fourth-order valence-corrected chi connectivity index (χ4v) is 5.33. The van der Waals surface area contributed by atoms with Crippen molar-refractivity contribution in [2.45, 2.75) is 13.0 Å². The minimum absolute atomic E-state index is 1.01. The summed E-state index contributed by atoms with van der Waals surface area (Å²) in [7, 11) is 0. The first-order valence-corrected chi connectivity index (χ1v) is 11.2. The number of fused-ring (bicyclic) bond motifs is 10. The van der Waals surface area contributed by atoms with Crippen LogP contribution < -0.4 is 5.35 Å². The standard InChI is InChI=1S/2C15H11N/c1-3-7-13-12(6-1)10-16-14-8-4-2-5-11(14)9-15(13)16;1-3-7-14-11(5-1)9-13-10-12-6-2-4-8-15(12)16(13)14/h1-9H,10H2;1-5,7-10H,6H2. The van der Waals surface area contributed by atoms with Crippen molar-refractivity contribution >= 4 is 33.4 Å². The maximum absolute atomic E-state index is 2.40. The molecule has 0 saturated carbocycles. The van der Waals surface area contributed by atoms with Crippen molar-refractivity contribution in [2.24, 2.45) is 0 Å². The lowest BCUT2D eigenvalue weighted by atomic mass is 10.1. The van der Waals surface area contributed by atoms with Crippen LogP contribution in [0, 0.1) is 0 Å². The van der Waals surface area contributed by atoms with Gasteiger partial charge in [-0.2, -0.15) is 0 Å². The number of hydrogen-bond acceptors (Lipinski definition) is 0. The third-order valence-electron chi connectivity index (χ3n) is 6.79. The van der Waals surface area contributed by atoms with Gasteiger partial charge in [-0.15, -0.1) is 0 Å². The van der Waals surface area contributed by atoms with Crippen molar-refractivity contribution in [3.05, 3.63) is 120 Å². The molecule has 2 heteroatoms. The molecule has 1 aliphatic heterocycles. The van der Waals surface area contributed by atoms with Gasteiger partial charge in [0.15, 0.2) is 0 Å². The Morgan fingerprint density at radius 1 is 0.656 bits per heavy atom. The number of nitrogens with zero attached hydrogens (tertiary/aromatic N) is 2. The highest BCUT2D eigenvalue weighted by Gasteiger charge is 2.19. The van der Waals surface area contributed by atoms with E-state index in [9.17, 15) is 0 Å². The van der Waals surface area contributed by atoms with Gasteiger partial charge in [-0.1, -0.05) is 72.8 Å². The monoisotopic (exact) mass is 410 g/mol. The Morgan fingerprint density at radius 3 is 2.31 bits per heavy atom. The molecule has 0 atom stereocenters. The average molecular weight is 411 g/mol. The summed E-state index contributed by atoms with van der Waals surface area (Å²) in [6.45, 7) is 1.01. The highest BCUT2D eigenvalue weighted by molar-refractivity contribution is 5.90. The van der Waals surface area contributed by atoms with Crippen molar-refractivity contribution < 1.29 is 0 Å². The molecule has 3 aromatic carbocycles. The average Bonchev–Trinajstić information content (AvgIpc) is 3.56. The molecule has 2 aliphatic rings. The lowest BCUT2D eigenvalue weighted by Gasteiger charge is -1.99. The van der Waals surface area contributed by atoms with Crippen molar-refractivity contribution in [2.75, 3.05) is 0 Å². The Morgan fingerprint density at radius 2 is 1.41 bits per heavy atom. The van der Waals surface area contributed by atoms with Crippen molar-refractivity contribution in [3.63, 3.8) is 0 Å². The van der Waals surface area contributed by atoms with Gasteiger partial charge < -0.3 is 8.97 Å². The molecule has 0 radical (unpaired) electrons. The summed E-state index contributed by atoms with van der Waals surface area (Å²) in [5.41, 5.74) is 9.58. The van der Waals surface area contributed by atoms with Gasteiger partial charge in [-0.3, -0.25) is 0 Å². The molecular weight excluding hydrogens is 388 g/mol. The predicted molar refractivity (Wildman–Crippen MR) is 134 cm³/mol. The van der Waals surface area contributed by atoms with E-state index in [0.717, 1.165) is 13.0 Å². The zero-order valence-corrected chi connectivity index (χ0v) is 17.7. The fraction of sp³-hybridized carbons (Fsp3) is 0.0667. The molecule has 3 aromatic heterocycles. The quantitative estimate of drug-likeness (QED) is 0.275. The molecule has 6 aromatic rings. The molecule has 1 aliphatic carbocycles. The van der Waals surface area contributed by atoms with Crippen molar-refractivity contribution in [1.82, 2.24) is 8.97 Å². The first-order chi connectivity index (χ1) is 15.9. The van der Waals surface area contributed by atoms with Crippen molar-refractivity contribution in [3.8, 4) is 11.3 Å². The molecule has 32 heavy (non-hydrogen) atoms. The van der Waals surface area contributed by atoms with Gasteiger partial charge in [0.2, 0.25) is 0 Å². The number of aromatic nitrogens is 2. The van der Waals surface area contributed by atoms with Gasteiger partial charge in [-0.05, 0) is 54.0 Å². The molecule has 0 fully saturated rings. The lowest BCUT2D eigenvalue weighted by Crippen LogP contribution is -2.13. The summed E-state index contributed by atoms with van der Waals surface area (Å²) in [6, 6.07) is 32.7. The summed E-state index contributed by atoms with van der Waals surface area (Å²) < 4.78 is 4.76. The molecule has 8 rings (SSSR count). The Balaban J connectivity index is 0.000000113. The van der Waals surface area contributed by atoms with Crippen LogP contribution in [0.3, 0.4) is 0 Å². The van der Waals surface area contributed by atoms with E-state index in [2.05, 4.69) is 118 Å². The Kier molecular flexibility index (Phi) is 3.71. The molecule has 0 saturated heterocycles. The van der Waals surface area contributed by atoms with E-state index >= 15 is 0 Å². The zero-order valence-electron chi connectivity index (χ0n) is 17.7. The van der Waals surface area contributed by atoms with Gasteiger partial charge in [0, 0.05) is 45.0 Å². The van der Waals surface area contributed by atoms with Crippen LogP contribution in [0.1, 0.15) is 11.1 Å². The smallest absolute Gasteiger partial charge is 0.0534 e. The van der Waals surface area contributed by atoms with Gasteiger partial charge in [0.1, 0.15) is 0 Å². The summed E-state index contributed by atoms with van der Waals surface area (Å²) >= 11 is 0. The molecule has 0 unspecified atom stereocenters. The normalized spacial score (nSPS) is 13.5. The maximum Gasteiger partial charge on any atom is 0.0534 e. The SMILES string of the molecule is C1=CCc2cc3cc4ccccc4n3c2=C1.c1ccc2c(c1)Cn1c-2cc2ccccc21. The summed E-state index contributed by atoms with van der Waals surface area (Å²) in [4.78, 5) is 0. The minimum atomic E-state index is 1.01. The fourth-order valence-electron chi connectivity index (χ4n) is 5.33. The van der Waals surface area contributed by atoms with Crippen LogP contribution >= 0.6 is 0 Å². The van der Waals surface area contributed by atoms with Crippen LogP contribution in [0.4, 0.5) is 0 Å². The predicted octanol–water partition coefficient (Wildman–Crippen LogP) is 6.37. The van der Waals surface area contributed by atoms with Gasteiger partial charge in [0.05, 0.1) is 5.52 Å². The molecule has 152 valence electrons. The van der Waals surface area contributed by atoms with E-state index < -0.39 is 0 Å². The van der Waals surface area contributed by atoms with Gasteiger partial charge >= 0.3 is 0 Å². The topological polar surface area (TPSA) is 9.34 Å². The molecule has 2 nitrogen and oxygen atoms in total. The number of allylic oxidation sites excluding steroid dienone is 2. The number of rotatable bonds is 0. The minimum Gasteiger partial charge on any atom is -0.336 e. The van der Waals surface area contributed by atoms with Crippen LogP contribution in [0.5, 0.6) is 0 Å². The second-order valence-electron chi connectivity index (χ2n) is 8.65. The summed E-state index contributed by atoms with van der Waals surface area (Å²) in [5, 5.41) is 4.01. The maximum atomic E-state index is 2.40. The Hall–Kier alpha value is -4.04. The largest absolute Gasteiger partial charge is 0.336 e. The van der Waals surface area contributed by atoms with Gasteiger partial charge in [0.25, 0.3) is 0 Å². The first-order valence-electron chi connectivity index (χ1n) is 11.2. The first kappa shape index (κ1) is 17.6. The van der Waals surface area contributed by atoms with Crippen LogP contribution in [0.2, 0.25) is 0 Å². The second-order valence-corrected chi connectivity index (χ2v) is 8.65.